The molecular weight excluding hydrogens is 424 g/mol. The highest BCUT2D eigenvalue weighted by Gasteiger charge is 2.51. The fourth-order valence-electron chi connectivity index (χ4n) is 5.25. The highest BCUT2D eigenvalue weighted by molar-refractivity contribution is 7.93. The zero-order chi connectivity index (χ0) is 22.1. The molecule has 5 rings (SSSR count). The minimum atomic E-state index is -1.04. The fraction of sp³-hybridized carbons (Fsp3) is 0.500. The summed E-state index contributed by atoms with van der Waals surface area (Å²) >= 11 is -1.04. The Morgan fingerprint density at radius 1 is 1.19 bits per heavy atom. The molecule has 1 aromatic carbocycles. The normalized spacial score (nSPS) is 22.5. The van der Waals surface area contributed by atoms with E-state index in [1.807, 2.05) is 24.3 Å². The molecule has 1 spiro atoms. The van der Waals surface area contributed by atoms with Crippen LogP contribution in [0.4, 0.5) is 11.4 Å². The predicted molar refractivity (Wildman–Crippen MR) is 127 cm³/mol. The van der Waals surface area contributed by atoms with Crippen LogP contribution in [0.2, 0.25) is 0 Å². The van der Waals surface area contributed by atoms with Crippen LogP contribution in [-0.2, 0) is 22.3 Å². The molecule has 8 heteroatoms. The highest BCUT2D eigenvalue weighted by atomic mass is 32.2. The maximum absolute atomic E-state index is 13.1. The van der Waals surface area contributed by atoms with Gasteiger partial charge in [-0.15, -0.1) is 0 Å². The van der Waals surface area contributed by atoms with Crippen molar-refractivity contribution in [3.8, 4) is 0 Å². The van der Waals surface area contributed by atoms with Crippen LogP contribution in [0.3, 0.4) is 0 Å². The number of amidine groups is 1. The van der Waals surface area contributed by atoms with E-state index in [0.717, 1.165) is 48.3 Å². The first-order valence-corrected chi connectivity index (χ1v) is 12.7. The Balaban J connectivity index is 1.35. The average molecular weight is 455 g/mol. The summed E-state index contributed by atoms with van der Waals surface area (Å²) in [4.78, 5) is 16.2. The number of benzene rings is 1. The van der Waals surface area contributed by atoms with E-state index in [9.17, 15) is 9.35 Å². The summed E-state index contributed by atoms with van der Waals surface area (Å²) in [6.07, 6.45) is 9.82. The first-order valence-electron chi connectivity index (χ1n) is 11.5. The quantitative estimate of drug-likeness (QED) is 0.319. The summed E-state index contributed by atoms with van der Waals surface area (Å²) in [5.74, 6) is 0.0602. The molecular formula is C24H30N4O3S. The van der Waals surface area contributed by atoms with Crippen LogP contribution in [0.1, 0.15) is 56.1 Å². The summed E-state index contributed by atoms with van der Waals surface area (Å²) in [7, 11) is 0. The lowest BCUT2D eigenvalue weighted by atomic mass is 9.91. The number of H-pyrrole nitrogens is 1. The van der Waals surface area contributed by atoms with Crippen LogP contribution in [0.25, 0.3) is 0 Å². The third-order valence-electron chi connectivity index (χ3n) is 7.02. The lowest BCUT2D eigenvalue weighted by molar-refractivity contribution is 0.0758. The molecule has 1 saturated heterocycles. The summed E-state index contributed by atoms with van der Waals surface area (Å²) in [5.41, 5.74) is 2.53. The number of nitrogens with one attached hydrogen (secondary N) is 4. The van der Waals surface area contributed by atoms with Crippen molar-refractivity contribution in [1.29, 1.82) is 5.41 Å². The van der Waals surface area contributed by atoms with Gasteiger partial charge in [-0.3, -0.25) is 10.2 Å². The van der Waals surface area contributed by atoms with Crippen LogP contribution >= 0.6 is 0 Å². The van der Waals surface area contributed by atoms with Crippen molar-refractivity contribution in [2.75, 3.05) is 23.8 Å². The van der Waals surface area contributed by atoms with E-state index in [4.69, 9.17) is 10.1 Å². The number of aromatic amines is 1. The van der Waals surface area contributed by atoms with E-state index in [1.54, 1.807) is 6.20 Å². The molecule has 0 bridgehead atoms. The molecule has 2 aromatic rings. The number of aromatic nitrogens is 1. The van der Waals surface area contributed by atoms with Gasteiger partial charge in [0, 0.05) is 42.8 Å². The van der Waals surface area contributed by atoms with Crippen LogP contribution in [0.5, 0.6) is 0 Å². The Bertz CT molecular complexity index is 1060. The Morgan fingerprint density at radius 3 is 2.75 bits per heavy atom. The summed E-state index contributed by atoms with van der Waals surface area (Å²) in [5, 5.41) is 15.2. The average Bonchev–Trinajstić information content (AvgIpc) is 3.05. The van der Waals surface area contributed by atoms with E-state index >= 15 is 0 Å². The molecule has 1 aromatic heterocycles. The zero-order valence-corrected chi connectivity index (χ0v) is 19.0. The van der Waals surface area contributed by atoms with E-state index < -0.39 is 11.2 Å². The second kappa shape index (κ2) is 8.92. The van der Waals surface area contributed by atoms with E-state index in [2.05, 4.69) is 15.6 Å². The van der Waals surface area contributed by atoms with Crippen molar-refractivity contribution in [2.24, 2.45) is 0 Å². The summed E-state index contributed by atoms with van der Waals surface area (Å²) < 4.78 is 18.4. The maximum atomic E-state index is 13.1. The Hall–Kier alpha value is -2.29. The van der Waals surface area contributed by atoms with Gasteiger partial charge >= 0.3 is 0 Å². The van der Waals surface area contributed by atoms with Crippen LogP contribution in [-0.4, -0.2) is 39.4 Å². The minimum absolute atomic E-state index is 0.0602. The number of ether oxygens (including phenoxy) is 1. The van der Waals surface area contributed by atoms with Crippen molar-refractivity contribution in [2.45, 2.75) is 67.1 Å². The number of pyridine rings is 1. The van der Waals surface area contributed by atoms with Gasteiger partial charge in [0.1, 0.15) is 16.1 Å². The molecule has 0 amide bonds. The second-order valence-electron chi connectivity index (χ2n) is 9.14. The van der Waals surface area contributed by atoms with Crippen molar-refractivity contribution in [3.05, 3.63) is 51.9 Å². The SMILES string of the molecule is N=C(Nc1ccc2c(c1)CC1(CCOCC1)[S+]2[O-])c1c(NC2CCCCC2)cc[nH]c1=O. The van der Waals surface area contributed by atoms with Gasteiger partial charge in [0.25, 0.3) is 5.56 Å². The second-order valence-corrected chi connectivity index (χ2v) is 11.0. The zero-order valence-electron chi connectivity index (χ0n) is 18.2. The molecule has 32 heavy (non-hydrogen) atoms. The first-order chi connectivity index (χ1) is 15.6. The predicted octanol–water partition coefficient (Wildman–Crippen LogP) is 3.77. The molecule has 0 radical (unpaired) electrons. The number of hydrogen-bond donors (Lipinski definition) is 4. The molecule has 1 atom stereocenters. The van der Waals surface area contributed by atoms with Gasteiger partial charge in [0.15, 0.2) is 4.90 Å². The minimum Gasteiger partial charge on any atom is -0.611 e. The van der Waals surface area contributed by atoms with Gasteiger partial charge < -0.3 is 24.9 Å². The Kier molecular flexibility index (Phi) is 6.01. The molecule has 3 heterocycles. The number of fused-ring (bicyclic) bond motifs is 1. The van der Waals surface area contributed by atoms with Crippen molar-refractivity contribution < 1.29 is 9.29 Å². The van der Waals surface area contributed by atoms with E-state index in [1.165, 1.54) is 19.3 Å². The summed E-state index contributed by atoms with van der Waals surface area (Å²) in [6, 6.07) is 7.92. The fourth-order valence-corrected chi connectivity index (χ4v) is 7.10. The Labute approximate surface area is 191 Å². The number of anilines is 2. The largest absolute Gasteiger partial charge is 0.611 e. The van der Waals surface area contributed by atoms with Crippen molar-refractivity contribution >= 4 is 28.4 Å². The molecule has 1 saturated carbocycles. The third kappa shape index (κ3) is 4.07. The highest BCUT2D eigenvalue weighted by Crippen LogP contribution is 2.45. The standard InChI is InChI=1S/C24H30N4O3S/c25-22(21-19(8-11-26-23(21)29)27-17-4-2-1-3-5-17)28-18-6-7-20-16(14-18)15-24(32(20)30)9-12-31-13-10-24/h6-8,11,14,17H,1-5,9-10,12-13,15H2,(H2,25,28)(H2,26,27,29). The molecule has 4 N–H and O–H groups in total. The third-order valence-corrected chi connectivity index (χ3v) is 9.15. The molecule has 170 valence electrons. The first kappa shape index (κ1) is 21.6. The molecule has 7 nitrogen and oxygen atoms in total. The monoisotopic (exact) mass is 454 g/mol. The molecule has 1 aliphatic carbocycles. The van der Waals surface area contributed by atoms with Crippen molar-refractivity contribution in [1.82, 2.24) is 4.98 Å². The van der Waals surface area contributed by atoms with Crippen LogP contribution in [0.15, 0.2) is 40.2 Å². The topological polar surface area (TPSA) is 113 Å². The molecule has 3 aliphatic rings. The molecule has 2 aliphatic heterocycles. The lowest BCUT2D eigenvalue weighted by Gasteiger charge is -2.33. The lowest BCUT2D eigenvalue weighted by Crippen LogP contribution is -2.41. The number of rotatable bonds is 4. The molecule has 1 unspecified atom stereocenters. The molecule has 2 fully saturated rings. The van der Waals surface area contributed by atoms with Gasteiger partial charge in [0.2, 0.25) is 0 Å². The summed E-state index contributed by atoms with van der Waals surface area (Å²) in [6.45, 7) is 1.31. The smallest absolute Gasteiger partial charge is 0.261 e. The Morgan fingerprint density at radius 2 is 1.97 bits per heavy atom. The van der Waals surface area contributed by atoms with Crippen LogP contribution in [0, 0.1) is 5.41 Å². The van der Waals surface area contributed by atoms with Gasteiger partial charge in [-0.2, -0.15) is 0 Å². The van der Waals surface area contributed by atoms with Crippen LogP contribution < -0.4 is 16.2 Å². The van der Waals surface area contributed by atoms with Gasteiger partial charge in [0.05, 0.1) is 18.9 Å². The van der Waals surface area contributed by atoms with E-state index in [-0.39, 0.29) is 16.1 Å². The maximum Gasteiger partial charge on any atom is 0.261 e. The van der Waals surface area contributed by atoms with Gasteiger partial charge in [-0.05, 0) is 48.3 Å². The van der Waals surface area contributed by atoms with Crippen molar-refractivity contribution in [3.63, 3.8) is 0 Å². The van der Waals surface area contributed by atoms with Gasteiger partial charge in [-0.1, -0.05) is 19.3 Å². The van der Waals surface area contributed by atoms with Gasteiger partial charge in [-0.25, -0.2) is 0 Å². The number of hydrogen-bond acceptors (Lipinski definition) is 5. The van der Waals surface area contributed by atoms with E-state index in [0.29, 0.717) is 30.5 Å².